The first kappa shape index (κ1) is 15.9. The van der Waals surface area contributed by atoms with Crippen LogP contribution in [-0.2, 0) is 4.79 Å². The van der Waals surface area contributed by atoms with Crippen LogP contribution >= 0.6 is 11.8 Å². The van der Waals surface area contributed by atoms with Gasteiger partial charge in [0.2, 0.25) is 5.91 Å². The quantitative estimate of drug-likeness (QED) is 0.837. The number of rotatable bonds is 7. The molecule has 4 heteroatoms. The van der Waals surface area contributed by atoms with Crippen molar-refractivity contribution in [2.24, 2.45) is 0 Å². The molecule has 2 aliphatic carbocycles. The summed E-state index contributed by atoms with van der Waals surface area (Å²) < 4.78 is 0.190. The Kier molecular flexibility index (Phi) is 5.09. The number of benzene rings is 1. The van der Waals surface area contributed by atoms with E-state index in [1.165, 1.54) is 43.4 Å². The maximum absolute atomic E-state index is 12.2. The van der Waals surface area contributed by atoms with Crippen LogP contribution in [0.2, 0.25) is 0 Å². The predicted molar refractivity (Wildman–Crippen MR) is 92.2 cm³/mol. The smallest absolute Gasteiger partial charge is 0.234 e. The number of hydrogen-bond acceptors (Lipinski definition) is 3. The molecular formula is C18H26N2OS. The van der Waals surface area contributed by atoms with Crippen LogP contribution in [-0.4, -0.2) is 41.7 Å². The van der Waals surface area contributed by atoms with Gasteiger partial charge in [0, 0.05) is 22.2 Å². The van der Waals surface area contributed by atoms with E-state index in [1.54, 1.807) is 0 Å². The zero-order valence-corrected chi connectivity index (χ0v) is 14.2. The van der Waals surface area contributed by atoms with E-state index in [4.69, 9.17) is 0 Å². The fourth-order valence-corrected chi connectivity index (χ4v) is 4.69. The molecule has 1 N–H and O–H groups in total. The number of thioether (sulfide) groups is 1. The van der Waals surface area contributed by atoms with E-state index in [-0.39, 0.29) is 10.7 Å². The van der Waals surface area contributed by atoms with Crippen molar-refractivity contribution in [1.29, 1.82) is 0 Å². The molecule has 2 fully saturated rings. The maximum Gasteiger partial charge on any atom is 0.234 e. The fraction of sp³-hybridized carbons (Fsp3) is 0.611. The number of amides is 1. The SMILES string of the molecule is CN(CC(=O)NCC1(Sc2ccccc2)CCCC1)C1CC1. The van der Waals surface area contributed by atoms with Crippen molar-refractivity contribution in [3.05, 3.63) is 30.3 Å². The molecule has 0 aromatic heterocycles. The highest BCUT2D eigenvalue weighted by Gasteiger charge is 2.35. The lowest BCUT2D eigenvalue weighted by molar-refractivity contribution is -0.122. The van der Waals surface area contributed by atoms with Crippen molar-refractivity contribution in [1.82, 2.24) is 10.2 Å². The molecule has 2 saturated carbocycles. The summed E-state index contributed by atoms with van der Waals surface area (Å²) in [4.78, 5) is 15.7. The highest BCUT2D eigenvalue weighted by Crippen LogP contribution is 2.44. The predicted octanol–water partition coefficient (Wildman–Crippen LogP) is 3.30. The Morgan fingerprint density at radius 2 is 1.95 bits per heavy atom. The summed E-state index contributed by atoms with van der Waals surface area (Å²) in [5.41, 5.74) is 0. The second-order valence-electron chi connectivity index (χ2n) is 6.73. The van der Waals surface area contributed by atoms with Gasteiger partial charge in [-0.1, -0.05) is 31.0 Å². The third kappa shape index (κ3) is 4.26. The average Bonchev–Trinajstić information content (AvgIpc) is 3.28. The van der Waals surface area contributed by atoms with Crippen LogP contribution in [0.5, 0.6) is 0 Å². The Hall–Kier alpha value is -1.00. The monoisotopic (exact) mass is 318 g/mol. The Morgan fingerprint density at radius 1 is 1.27 bits per heavy atom. The minimum Gasteiger partial charge on any atom is -0.354 e. The Labute approximate surface area is 137 Å². The van der Waals surface area contributed by atoms with E-state index in [2.05, 4.69) is 47.6 Å². The molecule has 0 unspecified atom stereocenters. The van der Waals surface area contributed by atoms with E-state index in [0.29, 0.717) is 12.6 Å². The van der Waals surface area contributed by atoms with E-state index >= 15 is 0 Å². The zero-order chi connectivity index (χ0) is 15.4. The molecule has 0 radical (unpaired) electrons. The van der Waals surface area contributed by atoms with Crippen molar-refractivity contribution >= 4 is 17.7 Å². The topological polar surface area (TPSA) is 32.3 Å². The lowest BCUT2D eigenvalue weighted by Gasteiger charge is -2.29. The van der Waals surface area contributed by atoms with Gasteiger partial charge < -0.3 is 5.32 Å². The largest absolute Gasteiger partial charge is 0.354 e. The van der Waals surface area contributed by atoms with Gasteiger partial charge in [-0.15, -0.1) is 11.8 Å². The van der Waals surface area contributed by atoms with Crippen LogP contribution in [0.3, 0.4) is 0 Å². The molecule has 0 saturated heterocycles. The summed E-state index contributed by atoms with van der Waals surface area (Å²) in [6, 6.07) is 11.2. The van der Waals surface area contributed by atoms with Gasteiger partial charge in [-0.3, -0.25) is 9.69 Å². The normalized spacial score (nSPS) is 20.3. The number of hydrogen-bond donors (Lipinski definition) is 1. The first-order chi connectivity index (χ1) is 10.7. The van der Waals surface area contributed by atoms with Crippen LogP contribution in [0.4, 0.5) is 0 Å². The highest BCUT2D eigenvalue weighted by atomic mass is 32.2. The number of carbonyl (C=O) groups is 1. The molecule has 1 aromatic rings. The molecule has 3 nitrogen and oxygen atoms in total. The van der Waals surface area contributed by atoms with E-state index in [1.807, 2.05) is 11.8 Å². The van der Waals surface area contributed by atoms with Gasteiger partial charge in [0.25, 0.3) is 0 Å². The van der Waals surface area contributed by atoms with E-state index in [9.17, 15) is 4.79 Å². The number of nitrogens with one attached hydrogen (secondary N) is 1. The molecule has 0 aliphatic heterocycles. The summed E-state index contributed by atoms with van der Waals surface area (Å²) in [5, 5.41) is 3.20. The van der Waals surface area contributed by atoms with Gasteiger partial charge in [-0.2, -0.15) is 0 Å². The maximum atomic E-state index is 12.2. The van der Waals surface area contributed by atoms with Gasteiger partial charge >= 0.3 is 0 Å². The molecule has 120 valence electrons. The third-order valence-corrected chi connectivity index (χ3v) is 6.26. The van der Waals surface area contributed by atoms with Crippen molar-refractivity contribution < 1.29 is 4.79 Å². The summed E-state index contributed by atoms with van der Waals surface area (Å²) in [5.74, 6) is 0.175. The fourth-order valence-electron chi connectivity index (χ4n) is 3.26. The van der Waals surface area contributed by atoms with Crippen molar-refractivity contribution in [3.8, 4) is 0 Å². The van der Waals surface area contributed by atoms with Gasteiger partial charge in [0.1, 0.15) is 0 Å². The second kappa shape index (κ2) is 7.05. The molecule has 3 rings (SSSR count). The molecule has 1 aromatic carbocycles. The lowest BCUT2D eigenvalue weighted by Crippen LogP contribution is -2.43. The minimum absolute atomic E-state index is 0.175. The molecule has 0 spiro atoms. The van der Waals surface area contributed by atoms with E-state index in [0.717, 1.165) is 6.54 Å². The molecule has 2 aliphatic rings. The average molecular weight is 318 g/mol. The van der Waals surface area contributed by atoms with Crippen LogP contribution < -0.4 is 5.32 Å². The molecule has 22 heavy (non-hydrogen) atoms. The first-order valence-corrected chi connectivity index (χ1v) is 9.20. The highest BCUT2D eigenvalue weighted by molar-refractivity contribution is 8.00. The lowest BCUT2D eigenvalue weighted by atomic mass is 10.1. The first-order valence-electron chi connectivity index (χ1n) is 8.38. The molecular weight excluding hydrogens is 292 g/mol. The van der Waals surface area contributed by atoms with Crippen LogP contribution in [0.25, 0.3) is 0 Å². The molecule has 0 heterocycles. The van der Waals surface area contributed by atoms with Crippen molar-refractivity contribution in [2.75, 3.05) is 20.1 Å². The Morgan fingerprint density at radius 3 is 2.59 bits per heavy atom. The van der Waals surface area contributed by atoms with Crippen LogP contribution in [0, 0.1) is 0 Å². The van der Waals surface area contributed by atoms with Crippen molar-refractivity contribution in [2.45, 2.75) is 54.2 Å². The number of nitrogens with zero attached hydrogens (tertiary/aromatic N) is 1. The van der Waals surface area contributed by atoms with E-state index < -0.39 is 0 Å². The van der Waals surface area contributed by atoms with Crippen LogP contribution in [0.15, 0.2) is 35.2 Å². The second-order valence-corrected chi connectivity index (χ2v) is 8.27. The Balaban J connectivity index is 1.53. The van der Waals surface area contributed by atoms with Crippen LogP contribution in [0.1, 0.15) is 38.5 Å². The van der Waals surface area contributed by atoms with Crippen molar-refractivity contribution in [3.63, 3.8) is 0 Å². The standard InChI is InChI=1S/C18H26N2OS/c1-20(15-9-10-15)13-17(21)19-14-18(11-5-6-12-18)22-16-7-3-2-4-8-16/h2-4,7-8,15H,5-6,9-14H2,1H3,(H,19,21). The van der Waals surface area contributed by atoms with Gasteiger partial charge in [-0.05, 0) is 44.9 Å². The molecule has 0 atom stereocenters. The van der Waals surface area contributed by atoms with Gasteiger partial charge in [0.05, 0.1) is 6.54 Å². The Bertz CT molecular complexity index is 495. The number of likely N-dealkylation sites (N-methyl/N-ethyl adjacent to an activating group) is 1. The third-order valence-electron chi connectivity index (χ3n) is 4.76. The summed E-state index contributed by atoms with van der Waals surface area (Å²) in [6.07, 6.45) is 7.45. The zero-order valence-electron chi connectivity index (χ0n) is 13.4. The summed E-state index contributed by atoms with van der Waals surface area (Å²) >= 11 is 1.95. The summed E-state index contributed by atoms with van der Waals surface area (Å²) in [7, 11) is 2.06. The molecule has 0 bridgehead atoms. The minimum atomic E-state index is 0.175. The number of carbonyl (C=O) groups excluding carboxylic acids is 1. The summed E-state index contributed by atoms with van der Waals surface area (Å²) in [6.45, 7) is 1.33. The van der Waals surface area contributed by atoms with Gasteiger partial charge in [0.15, 0.2) is 0 Å². The van der Waals surface area contributed by atoms with Gasteiger partial charge in [-0.25, -0.2) is 0 Å². The molecule has 1 amide bonds.